The van der Waals surface area contributed by atoms with E-state index in [0.717, 1.165) is 12.8 Å². The van der Waals surface area contributed by atoms with Crippen molar-refractivity contribution < 1.29 is 0 Å². The third-order valence-electron chi connectivity index (χ3n) is 2.99. The predicted molar refractivity (Wildman–Crippen MR) is 75.3 cm³/mol. The van der Waals surface area contributed by atoms with Gasteiger partial charge in [0.25, 0.3) is 0 Å². The molecule has 1 aromatic rings. The molecule has 1 heterocycles. The predicted octanol–water partition coefficient (Wildman–Crippen LogP) is 3.31. The molecule has 0 fully saturated rings. The fourth-order valence-electron chi connectivity index (χ4n) is 1.79. The van der Waals surface area contributed by atoms with E-state index in [1.165, 1.54) is 11.3 Å². The lowest BCUT2D eigenvalue weighted by Gasteiger charge is -2.17. The summed E-state index contributed by atoms with van der Waals surface area (Å²) < 4.78 is 0. The molecular weight excluding hydrogens is 244 g/mol. The average Bonchev–Trinajstić information content (AvgIpc) is 2.64. The van der Waals surface area contributed by atoms with Gasteiger partial charge in [0.1, 0.15) is 27.6 Å². The molecule has 0 saturated carbocycles. The van der Waals surface area contributed by atoms with Gasteiger partial charge < -0.3 is 11.1 Å². The maximum absolute atomic E-state index is 9.08. The molecule has 0 aromatic carbocycles. The number of rotatable bonds is 5. The minimum absolute atomic E-state index is 0.261. The maximum Gasteiger partial charge on any atom is 0.131 e. The standard InChI is InChI=1S/C13H18N4S/c1-4-8(2)5-9(3)17-13-10(6-14)12(16)11(7-15)18-13/h8-9,17H,4-5,16H2,1-3H3. The van der Waals surface area contributed by atoms with E-state index in [4.69, 9.17) is 16.3 Å². The van der Waals surface area contributed by atoms with Crippen LogP contribution in [0.2, 0.25) is 0 Å². The van der Waals surface area contributed by atoms with Crippen molar-refractivity contribution in [3.63, 3.8) is 0 Å². The zero-order valence-electron chi connectivity index (χ0n) is 10.9. The number of hydrogen-bond donors (Lipinski definition) is 2. The fourth-order valence-corrected chi connectivity index (χ4v) is 2.77. The van der Waals surface area contributed by atoms with Crippen molar-refractivity contribution in [1.29, 1.82) is 10.5 Å². The van der Waals surface area contributed by atoms with E-state index in [-0.39, 0.29) is 6.04 Å². The summed E-state index contributed by atoms with van der Waals surface area (Å²) in [6, 6.07) is 4.34. The second-order valence-electron chi connectivity index (χ2n) is 4.57. The van der Waals surface area contributed by atoms with Gasteiger partial charge in [-0.2, -0.15) is 10.5 Å². The van der Waals surface area contributed by atoms with Crippen LogP contribution < -0.4 is 11.1 Å². The second-order valence-corrected chi connectivity index (χ2v) is 5.59. The zero-order valence-corrected chi connectivity index (χ0v) is 11.8. The van der Waals surface area contributed by atoms with Crippen molar-refractivity contribution in [1.82, 2.24) is 0 Å². The lowest BCUT2D eigenvalue weighted by atomic mass is 10.0. The van der Waals surface area contributed by atoms with Crippen molar-refractivity contribution in [2.24, 2.45) is 5.92 Å². The van der Waals surface area contributed by atoms with Gasteiger partial charge in [-0.3, -0.25) is 0 Å². The van der Waals surface area contributed by atoms with E-state index in [2.05, 4.69) is 32.2 Å². The third kappa shape index (κ3) is 3.15. The van der Waals surface area contributed by atoms with Crippen LogP contribution in [0.3, 0.4) is 0 Å². The number of nitriles is 2. The molecule has 0 amide bonds. The van der Waals surface area contributed by atoms with Crippen LogP contribution in [0.5, 0.6) is 0 Å². The lowest BCUT2D eigenvalue weighted by Crippen LogP contribution is -2.18. The topological polar surface area (TPSA) is 85.6 Å². The first kappa shape index (κ1) is 14.3. The van der Waals surface area contributed by atoms with Gasteiger partial charge in [0.2, 0.25) is 0 Å². The summed E-state index contributed by atoms with van der Waals surface area (Å²) in [6.45, 7) is 6.44. The van der Waals surface area contributed by atoms with Crippen LogP contribution in [-0.2, 0) is 0 Å². The molecule has 0 aliphatic heterocycles. The first-order valence-electron chi connectivity index (χ1n) is 6.02. The minimum atomic E-state index is 0.261. The number of thiophene rings is 1. The van der Waals surface area contributed by atoms with Crippen LogP contribution in [0.15, 0.2) is 0 Å². The van der Waals surface area contributed by atoms with Crippen molar-refractivity contribution in [3.05, 3.63) is 10.4 Å². The Balaban J connectivity index is 2.86. The zero-order chi connectivity index (χ0) is 13.7. The van der Waals surface area contributed by atoms with Gasteiger partial charge in [-0.15, -0.1) is 11.3 Å². The molecule has 0 radical (unpaired) electrons. The first-order valence-corrected chi connectivity index (χ1v) is 6.84. The molecule has 2 unspecified atom stereocenters. The highest BCUT2D eigenvalue weighted by atomic mass is 32.1. The summed E-state index contributed by atoms with van der Waals surface area (Å²) in [4.78, 5) is 0.407. The van der Waals surface area contributed by atoms with Gasteiger partial charge in [0.15, 0.2) is 0 Å². The van der Waals surface area contributed by atoms with Crippen LogP contribution >= 0.6 is 11.3 Å². The number of nitrogens with two attached hydrogens (primary N) is 1. The third-order valence-corrected chi connectivity index (χ3v) is 4.03. The first-order chi connectivity index (χ1) is 8.53. The molecule has 0 bridgehead atoms. The van der Waals surface area contributed by atoms with Crippen LogP contribution in [0.1, 0.15) is 44.1 Å². The van der Waals surface area contributed by atoms with Gasteiger partial charge >= 0.3 is 0 Å². The lowest BCUT2D eigenvalue weighted by molar-refractivity contribution is 0.484. The van der Waals surface area contributed by atoms with Gasteiger partial charge in [-0.05, 0) is 19.3 Å². The number of nitrogens with one attached hydrogen (secondary N) is 1. The van der Waals surface area contributed by atoms with E-state index < -0.39 is 0 Å². The Bertz CT molecular complexity index is 492. The monoisotopic (exact) mass is 262 g/mol. The van der Waals surface area contributed by atoms with E-state index in [9.17, 15) is 0 Å². The Hall–Kier alpha value is -1.72. The van der Waals surface area contributed by atoms with Crippen LogP contribution in [0.4, 0.5) is 10.7 Å². The molecule has 3 N–H and O–H groups in total. The van der Waals surface area contributed by atoms with Gasteiger partial charge in [-0.1, -0.05) is 20.3 Å². The van der Waals surface area contributed by atoms with Crippen molar-refractivity contribution >= 4 is 22.0 Å². The number of nitrogen functional groups attached to an aromatic ring is 1. The minimum Gasteiger partial charge on any atom is -0.396 e. The Labute approximate surface area is 112 Å². The highest BCUT2D eigenvalue weighted by Gasteiger charge is 2.17. The smallest absolute Gasteiger partial charge is 0.131 e. The Morgan fingerprint density at radius 1 is 1.33 bits per heavy atom. The largest absolute Gasteiger partial charge is 0.396 e. The molecule has 1 rings (SSSR count). The van der Waals surface area contributed by atoms with E-state index >= 15 is 0 Å². The highest BCUT2D eigenvalue weighted by Crippen LogP contribution is 2.35. The molecule has 0 saturated heterocycles. The molecule has 0 aliphatic rings. The van der Waals surface area contributed by atoms with E-state index in [1.807, 2.05) is 6.07 Å². The van der Waals surface area contributed by atoms with Crippen LogP contribution in [0.25, 0.3) is 0 Å². The molecule has 96 valence electrons. The summed E-state index contributed by atoms with van der Waals surface area (Å²) in [5.74, 6) is 0.630. The molecule has 18 heavy (non-hydrogen) atoms. The number of anilines is 2. The highest BCUT2D eigenvalue weighted by molar-refractivity contribution is 7.17. The molecular formula is C13H18N4S. The Morgan fingerprint density at radius 3 is 2.50 bits per heavy atom. The van der Waals surface area contributed by atoms with Crippen molar-refractivity contribution in [3.8, 4) is 12.1 Å². The molecule has 1 aromatic heterocycles. The molecule has 2 atom stereocenters. The van der Waals surface area contributed by atoms with E-state index in [1.54, 1.807) is 0 Å². The molecule has 5 heteroatoms. The summed E-state index contributed by atoms with van der Waals surface area (Å²) in [7, 11) is 0. The van der Waals surface area contributed by atoms with Crippen LogP contribution in [-0.4, -0.2) is 6.04 Å². The van der Waals surface area contributed by atoms with Gasteiger partial charge in [0, 0.05) is 6.04 Å². The van der Waals surface area contributed by atoms with E-state index in [0.29, 0.717) is 27.0 Å². The molecule has 0 spiro atoms. The quantitative estimate of drug-likeness (QED) is 0.852. The van der Waals surface area contributed by atoms with Crippen molar-refractivity contribution in [2.45, 2.75) is 39.7 Å². The SMILES string of the molecule is CCC(C)CC(C)Nc1sc(C#N)c(N)c1C#N. The normalized spacial score (nSPS) is 13.4. The summed E-state index contributed by atoms with van der Waals surface area (Å²) in [5.41, 5.74) is 6.44. The van der Waals surface area contributed by atoms with Gasteiger partial charge in [0.05, 0.1) is 5.69 Å². The second kappa shape index (κ2) is 6.28. The summed E-state index contributed by atoms with van der Waals surface area (Å²) in [6.07, 6.45) is 2.16. The maximum atomic E-state index is 9.08. The number of hydrogen-bond acceptors (Lipinski definition) is 5. The Morgan fingerprint density at radius 2 is 2.00 bits per heavy atom. The van der Waals surface area contributed by atoms with Gasteiger partial charge in [-0.25, -0.2) is 0 Å². The Kier molecular flexibility index (Phi) is 5.00. The summed E-state index contributed by atoms with van der Waals surface area (Å²) >= 11 is 1.25. The van der Waals surface area contributed by atoms with Crippen molar-refractivity contribution in [2.75, 3.05) is 11.1 Å². The summed E-state index contributed by atoms with van der Waals surface area (Å²) in [5, 5.41) is 22.0. The van der Waals surface area contributed by atoms with Crippen LogP contribution in [0, 0.1) is 28.6 Å². The molecule has 4 nitrogen and oxygen atoms in total. The molecule has 0 aliphatic carbocycles. The average molecular weight is 262 g/mol. The fraction of sp³-hybridized carbons (Fsp3) is 0.538. The number of nitrogens with zero attached hydrogens (tertiary/aromatic N) is 2.